The Hall–Kier alpha value is -1.06. The van der Waals surface area contributed by atoms with Crippen molar-refractivity contribution in [3.63, 3.8) is 0 Å². The fourth-order valence-electron chi connectivity index (χ4n) is 0.911. The van der Waals surface area contributed by atoms with E-state index < -0.39 is 0 Å². The number of amides is 2. The number of hydrogen-bond donors (Lipinski definition) is 1. The molecule has 4 heteroatoms. The standard InChI is InChI=1S/C7H12N2O2/c1-5(8-6(2)10)7(11)9-3-4-9/h5H,3-4H2,1-2H3,(H,8,10). The lowest BCUT2D eigenvalue weighted by Gasteiger charge is -2.10. The van der Waals surface area contributed by atoms with Crippen LogP contribution in [0.3, 0.4) is 0 Å². The first-order chi connectivity index (χ1) is 5.11. The number of rotatable bonds is 2. The van der Waals surface area contributed by atoms with Crippen LogP contribution in [0.5, 0.6) is 0 Å². The zero-order chi connectivity index (χ0) is 8.43. The summed E-state index contributed by atoms with van der Waals surface area (Å²) >= 11 is 0. The van der Waals surface area contributed by atoms with Crippen LogP contribution in [0.4, 0.5) is 0 Å². The fraction of sp³-hybridized carbons (Fsp3) is 0.714. The van der Waals surface area contributed by atoms with Gasteiger partial charge in [-0.05, 0) is 6.92 Å². The number of carbonyl (C=O) groups is 2. The van der Waals surface area contributed by atoms with Crippen LogP contribution in [-0.4, -0.2) is 35.8 Å². The largest absolute Gasteiger partial charge is 0.345 e. The Morgan fingerprint density at radius 1 is 1.45 bits per heavy atom. The molecule has 0 spiro atoms. The summed E-state index contributed by atoms with van der Waals surface area (Å²) in [6, 6.07) is -0.366. The molecular formula is C7H12N2O2. The Balaban J connectivity index is 2.33. The summed E-state index contributed by atoms with van der Waals surface area (Å²) in [6.07, 6.45) is 0. The Kier molecular flexibility index (Phi) is 2.12. The summed E-state index contributed by atoms with van der Waals surface area (Å²) in [7, 11) is 0. The third-order valence-corrected chi connectivity index (χ3v) is 1.55. The van der Waals surface area contributed by atoms with Crippen molar-refractivity contribution in [1.82, 2.24) is 10.2 Å². The van der Waals surface area contributed by atoms with E-state index >= 15 is 0 Å². The van der Waals surface area contributed by atoms with Crippen molar-refractivity contribution in [1.29, 1.82) is 0 Å². The van der Waals surface area contributed by atoms with Gasteiger partial charge in [-0.2, -0.15) is 0 Å². The number of nitrogens with zero attached hydrogens (tertiary/aromatic N) is 1. The molecule has 1 N–H and O–H groups in total. The quantitative estimate of drug-likeness (QED) is 0.540. The van der Waals surface area contributed by atoms with Crippen LogP contribution < -0.4 is 5.32 Å². The van der Waals surface area contributed by atoms with E-state index in [-0.39, 0.29) is 17.9 Å². The fourth-order valence-corrected chi connectivity index (χ4v) is 0.911. The molecule has 0 aromatic heterocycles. The zero-order valence-electron chi connectivity index (χ0n) is 6.76. The van der Waals surface area contributed by atoms with Crippen LogP contribution in [0.1, 0.15) is 13.8 Å². The highest BCUT2D eigenvalue weighted by molar-refractivity contribution is 5.87. The van der Waals surface area contributed by atoms with Gasteiger partial charge in [-0.15, -0.1) is 0 Å². The summed E-state index contributed by atoms with van der Waals surface area (Å²) < 4.78 is 0. The van der Waals surface area contributed by atoms with Crippen molar-refractivity contribution in [2.45, 2.75) is 19.9 Å². The van der Waals surface area contributed by atoms with E-state index in [0.717, 1.165) is 13.1 Å². The van der Waals surface area contributed by atoms with Gasteiger partial charge in [0.1, 0.15) is 6.04 Å². The molecule has 1 atom stereocenters. The van der Waals surface area contributed by atoms with Crippen molar-refractivity contribution in [3.05, 3.63) is 0 Å². The highest BCUT2D eigenvalue weighted by atomic mass is 16.2. The predicted molar refractivity (Wildman–Crippen MR) is 39.9 cm³/mol. The van der Waals surface area contributed by atoms with Gasteiger partial charge in [0.2, 0.25) is 11.8 Å². The van der Waals surface area contributed by atoms with Crippen LogP contribution in [0.25, 0.3) is 0 Å². The lowest BCUT2D eigenvalue weighted by molar-refractivity contribution is -0.131. The van der Waals surface area contributed by atoms with E-state index in [1.165, 1.54) is 6.92 Å². The number of hydrogen-bond acceptors (Lipinski definition) is 2. The molecule has 0 aliphatic carbocycles. The Labute approximate surface area is 65.6 Å². The minimum Gasteiger partial charge on any atom is -0.345 e. The summed E-state index contributed by atoms with van der Waals surface area (Å²) in [5.74, 6) is -0.145. The first-order valence-corrected chi connectivity index (χ1v) is 3.67. The van der Waals surface area contributed by atoms with Gasteiger partial charge < -0.3 is 10.2 Å². The van der Waals surface area contributed by atoms with Crippen molar-refractivity contribution < 1.29 is 9.59 Å². The minimum absolute atomic E-state index is 0.0141. The SMILES string of the molecule is CC(=O)NC(C)C(=O)N1CC1. The Bertz CT molecular complexity index is 187. The smallest absolute Gasteiger partial charge is 0.244 e. The molecule has 1 saturated heterocycles. The third kappa shape index (κ3) is 2.22. The van der Waals surface area contributed by atoms with E-state index in [0.29, 0.717) is 0 Å². The lowest BCUT2D eigenvalue weighted by atomic mass is 10.3. The Morgan fingerprint density at radius 2 is 2.00 bits per heavy atom. The topological polar surface area (TPSA) is 49.2 Å². The Morgan fingerprint density at radius 3 is 2.36 bits per heavy atom. The van der Waals surface area contributed by atoms with E-state index in [2.05, 4.69) is 5.32 Å². The van der Waals surface area contributed by atoms with Crippen molar-refractivity contribution >= 4 is 11.8 Å². The van der Waals surface area contributed by atoms with Gasteiger partial charge in [0, 0.05) is 20.0 Å². The first kappa shape index (κ1) is 8.04. The van der Waals surface area contributed by atoms with Crippen LogP contribution in [-0.2, 0) is 9.59 Å². The second-order valence-corrected chi connectivity index (χ2v) is 2.75. The molecule has 0 radical (unpaired) electrons. The highest BCUT2D eigenvalue weighted by Crippen LogP contribution is 2.05. The van der Waals surface area contributed by atoms with Gasteiger partial charge in [0.05, 0.1) is 0 Å². The predicted octanol–water partition coefficient (Wildman–Crippen LogP) is -0.647. The van der Waals surface area contributed by atoms with Gasteiger partial charge >= 0.3 is 0 Å². The maximum Gasteiger partial charge on any atom is 0.244 e. The maximum absolute atomic E-state index is 11.2. The zero-order valence-corrected chi connectivity index (χ0v) is 6.76. The van der Waals surface area contributed by atoms with Crippen molar-refractivity contribution in [3.8, 4) is 0 Å². The molecule has 1 heterocycles. The van der Waals surface area contributed by atoms with E-state index in [9.17, 15) is 9.59 Å². The normalized spacial score (nSPS) is 17.5. The average molecular weight is 156 g/mol. The molecule has 0 bridgehead atoms. The van der Waals surface area contributed by atoms with Crippen molar-refractivity contribution in [2.24, 2.45) is 0 Å². The summed E-state index contributed by atoms with van der Waals surface area (Å²) in [4.78, 5) is 23.4. The number of nitrogens with one attached hydrogen (secondary N) is 1. The molecule has 0 aromatic rings. The molecule has 0 aromatic carbocycles. The van der Waals surface area contributed by atoms with Gasteiger partial charge in [-0.3, -0.25) is 9.59 Å². The van der Waals surface area contributed by atoms with Crippen LogP contribution in [0, 0.1) is 0 Å². The van der Waals surface area contributed by atoms with Crippen LogP contribution in [0.2, 0.25) is 0 Å². The minimum atomic E-state index is -0.366. The molecule has 1 fully saturated rings. The van der Waals surface area contributed by atoms with Gasteiger partial charge in [0.15, 0.2) is 0 Å². The van der Waals surface area contributed by atoms with E-state index in [4.69, 9.17) is 0 Å². The molecule has 11 heavy (non-hydrogen) atoms. The summed E-state index contributed by atoms with van der Waals surface area (Å²) in [5.41, 5.74) is 0. The van der Waals surface area contributed by atoms with Crippen LogP contribution in [0.15, 0.2) is 0 Å². The second kappa shape index (κ2) is 2.90. The summed E-state index contributed by atoms with van der Waals surface area (Å²) in [5, 5.41) is 2.53. The average Bonchev–Trinajstić information content (AvgIpc) is 2.65. The molecule has 2 amide bonds. The molecular weight excluding hydrogens is 144 g/mol. The van der Waals surface area contributed by atoms with Gasteiger partial charge in [0.25, 0.3) is 0 Å². The lowest BCUT2D eigenvalue weighted by Crippen LogP contribution is -2.40. The third-order valence-electron chi connectivity index (χ3n) is 1.55. The molecule has 1 unspecified atom stereocenters. The molecule has 62 valence electrons. The second-order valence-electron chi connectivity index (χ2n) is 2.75. The number of carbonyl (C=O) groups excluding carboxylic acids is 2. The molecule has 4 nitrogen and oxygen atoms in total. The van der Waals surface area contributed by atoms with Gasteiger partial charge in [-0.25, -0.2) is 0 Å². The summed E-state index contributed by atoms with van der Waals surface area (Å²) in [6.45, 7) is 4.78. The van der Waals surface area contributed by atoms with E-state index in [1.54, 1.807) is 11.8 Å². The van der Waals surface area contributed by atoms with E-state index in [1.807, 2.05) is 0 Å². The van der Waals surface area contributed by atoms with Crippen LogP contribution >= 0.6 is 0 Å². The maximum atomic E-state index is 11.2. The van der Waals surface area contributed by atoms with Crippen molar-refractivity contribution in [2.75, 3.05) is 13.1 Å². The monoisotopic (exact) mass is 156 g/mol. The molecule has 1 aliphatic rings. The first-order valence-electron chi connectivity index (χ1n) is 3.67. The molecule has 1 aliphatic heterocycles. The highest BCUT2D eigenvalue weighted by Gasteiger charge is 2.28. The molecule has 0 saturated carbocycles. The molecule has 1 rings (SSSR count). The van der Waals surface area contributed by atoms with Gasteiger partial charge in [-0.1, -0.05) is 0 Å².